The topological polar surface area (TPSA) is 58.8 Å². The molecule has 138 valence electrons. The molecule has 26 heavy (non-hydrogen) atoms. The van der Waals surface area contributed by atoms with Gasteiger partial charge >= 0.3 is 0 Å². The number of furan rings is 1. The second-order valence-electron chi connectivity index (χ2n) is 7.54. The second-order valence-corrected chi connectivity index (χ2v) is 7.54. The number of nitrogens with zero attached hydrogens (tertiary/aromatic N) is 3. The molecule has 1 spiro atoms. The number of carbonyl (C=O) groups excluding carboxylic acids is 1. The minimum absolute atomic E-state index is 0.0714. The second kappa shape index (κ2) is 6.76. The lowest BCUT2D eigenvalue weighted by Gasteiger charge is -2.58. The van der Waals surface area contributed by atoms with Crippen LogP contribution in [0.4, 0.5) is 0 Å². The molecule has 2 aromatic heterocycles. The van der Waals surface area contributed by atoms with Crippen molar-refractivity contribution in [2.24, 2.45) is 5.92 Å². The number of amides is 1. The average molecular weight is 355 g/mol. The van der Waals surface area contributed by atoms with Gasteiger partial charge in [-0.15, -0.1) is 0 Å². The largest absolute Gasteiger partial charge is 0.477 e. The first kappa shape index (κ1) is 17.1. The number of carbonyl (C=O) groups is 1. The summed E-state index contributed by atoms with van der Waals surface area (Å²) in [5.74, 6) is 1.93. The van der Waals surface area contributed by atoms with E-state index in [4.69, 9.17) is 9.15 Å². The lowest BCUT2D eigenvalue weighted by molar-refractivity contribution is -0.0696. The van der Waals surface area contributed by atoms with Crippen molar-refractivity contribution in [2.75, 3.05) is 33.3 Å². The van der Waals surface area contributed by atoms with Gasteiger partial charge in [0, 0.05) is 25.4 Å². The van der Waals surface area contributed by atoms with Gasteiger partial charge in [-0.1, -0.05) is 6.07 Å². The summed E-state index contributed by atoms with van der Waals surface area (Å²) in [6.45, 7) is 5.09. The van der Waals surface area contributed by atoms with Crippen LogP contribution in [0.1, 0.15) is 29.0 Å². The molecule has 6 nitrogen and oxygen atoms in total. The number of piperidine rings is 1. The van der Waals surface area contributed by atoms with Gasteiger partial charge in [0.2, 0.25) is 5.88 Å². The van der Waals surface area contributed by atoms with E-state index in [1.165, 1.54) is 0 Å². The number of likely N-dealkylation sites (tertiary alicyclic amines) is 2. The van der Waals surface area contributed by atoms with Crippen molar-refractivity contribution in [1.29, 1.82) is 0 Å². The summed E-state index contributed by atoms with van der Waals surface area (Å²) in [5, 5.41) is 0. The summed E-state index contributed by atoms with van der Waals surface area (Å²) in [7, 11) is 2.17. The summed E-state index contributed by atoms with van der Waals surface area (Å²) in [6.07, 6.45) is 5.49. The van der Waals surface area contributed by atoms with E-state index in [9.17, 15) is 4.79 Å². The maximum absolute atomic E-state index is 12.6. The number of ether oxygens (including phenoxy) is 1. The lowest BCUT2D eigenvalue weighted by atomic mass is 9.75. The van der Waals surface area contributed by atoms with Gasteiger partial charge in [0.25, 0.3) is 5.91 Å². The Morgan fingerprint density at radius 1 is 1.38 bits per heavy atom. The van der Waals surface area contributed by atoms with Gasteiger partial charge in [0.1, 0.15) is 5.76 Å². The lowest BCUT2D eigenvalue weighted by Crippen LogP contribution is -2.72. The molecule has 4 rings (SSSR count). The number of likely N-dealkylation sites (N-methyl/N-ethyl adjacent to an activating group) is 1. The maximum atomic E-state index is 12.6. The van der Waals surface area contributed by atoms with Crippen LogP contribution in [0.2, 0.25) is 0 Å². The molecule has 2 saturated heterocycles. The van der Waals surface area contributed by atoms with Gasteiger partial charge in [-0.3, -0.25) is 9.69 Å². The van der Waals surface area contributed by atoms with Crippen LogP contribution in [0.15, 0.2) is 41.1 Å². The summed E-state index contributed by atoms with van der Waals surface area (Å²) >= 11 is 0. The van der Waals surface area contributed by atoms with Gasteiger partial charge in [-0.25, -0.2) is 4.98 Å². The van der Waals surface area contributed by atoms with Crippen molar-refractivity contribution in [3.8, 4) is 5.88 Å². The number of hydrogen-bond acceptors (Lipinski definition) is 5. The molecule has 0 saturated carbocycles. The first-order valence-electron chi connectivity index (χ1n) is 9.16. The zero-order chi connectivity index (χ0) is 18.1. The highest BCUT2D eigenvalue weighted by molar-refractivity contribution is 5.95. The third-order valence-corrected chi connectivity index (χ3v) is 5.80. The van der Waals surface area contributed by atoms with Gasteiger partial charge < -0.3 is 14.1 Å². The molecule has 0 aromatic carbocycles. The average Bonchev–Trinajstić information content (AvgIpc) is 3.05. The Bertz CT molecular complexity index is 768. The number of hydrogen-bond donors (Lipinski definition) is 0. The molecule has 2 aliphatic rings. The molecule has 1 atom stereocenters. The van der Waals surface area contributed by atoms with Crippen LogP contribution in [0, 0.1) is 12.8 Å². The van der Waals surface area contributed by atoms with Crippen molar-refractivity contribution < 1.29 is 13.9 Å². The Balaban J connectivity index is 1.36. The summed E-state index contributed by atoms with van der Waals surface area (Å²) < 4.78 is 11.1. The Labute approximate surface area is 153 Å². The number of rotatable bonds is 4. The molecule has 0 N–H and O–H groups in total. The molecular weight excluding hydrogens is 330 g/mol. The molecular formula is C20H25N3O3. The fourth-order valence-electron chi connectivity index (χ4n) is 4.14. The zero-order valence-electron chi connectivity index (χ0n) is 15.4. The van der Waals surface area contributed by atoms with E-state index in [1.54, 1.807) is 18.5 Å². The molecule has 2 fully saturated rings. The summed E-state index contributed by atoms with van der Waals surface area (Å²) in [4.78, 5) is 21.2. The third-order valence-electron chi connectivity index (χ3n) is 5.80. The van der Waals surface area contributed by atoms with Crippen LogP contribution < -0.4 is 4.74 Å². The van der Waals surface area contributed by atoms with Crippen molar-refractivity contribution >= 4 is 5.91 Å². The van der Waals surface area contributed by atoms with Crippen LogP contribution in [0.25, 0.3) is 0 Å². The van der Waals surface area contributed by atoms with E-state index < -0.39 is 0 Å². The van der Waals surface area contributed by atoms with Crippen LogP contribution in [-0.4, -0.2) is 59.5 Å². The van der Waals surface area contributed by atoms with Gasteiger partial charge in [0.05, 0.1) is 24.0 Å². The quantitative estimate of drug-likeness (QED) is 0.844. The van der Waals surface area contributed by atoms with E-state index in [0.717, 1.165) is 32.5 Å². The van der Waals surface area contributed by atoms with Crippen LogP contribution >= 0.6 is 0 Å². The van der Waals surface area contributed by atoms with E-state index in [2.05, 4.69) is 16.9 Å². The predicted molar refractivity (Wildman–Crippen MR) is 97.2 cm³/mol. The number of aromatic nitrogens is 1. The standard InChI is InChI=1S/C20H25N3O3/c1-15-17(7-10-25-15)19(24)23-13-20(14-23)11-16(6-9-22(20)2)12-26-18-5-3-4-8-21-18/h3-5,7-8,10,16H,6,9,11-14H2,1-2H3. The Morgan fingerprint density at radius 3 is 2.92 bits per heavy atom. The molecule has 0 aliphatic carbocycles. The van der Waals surface area contributed by atoms with Crippen LogP contribution in [-0.2, 0) is 0 Å². The monoisotopic (exact) mass is 355 g/mol. The maximum Gasteiger partial charge on any atom is 0.257 e. The SMILES string of the molecule is Cc1occc1C(=O)N1CC2(CC(COc3ccccn3)CCN2C)C1. The molecule has 1 amide bonds. The van der Waals surface area contributed by atoms with E-state index >= 15 is 0 Å². The highest BCUT2D eigenvalue weighted by Crippen LogP contribution is 2.39. The molecule has 0 bridgehead atoms. The molecule has 2 aromatic rings. The van der Waals surface area contributed by atoms with Crippen molar-refractivity contribution in [3.63, 3.8) is 0 Å². The first-order chi connectivity index (χ1) is 12.6. The fourth-order valence-corrected chi connectivity index (χ4v) is 4.14. The molecule has 0 radical (unpaired) electrons. The van der Waals surface area contributed by atoms with Crippen molar-refractivity contribution in [1.82, 2.24) is 14.8 Å². The summed E-state index contributed by atoms with van der Waals surface area (Å²) in [6, 6.07) is 7.48. The van der Waals surface area contributed by atoms with E-state index in [-0.39, 0.29) is 11.4 Å². The van der Waals surface area contributed by atoms with Gasteiger partial charge in [0.15, 0.2) is 0 Å². The number of pyridine rings is 1. The van der Waals surface area contributed by atoms with Crippen LogP contribution in [0.5, 0.6) is 5.88 Å². The highest BCUT2D eigenvalue weighted by atomic mass is 16.5. The molecule has 4 heterocycles. The highest BCUT2D eigenvalue weighted by Gasteiger charge is 2.51. The Morgan fingerprint density at radius 2 is 2.23 bits per heavy atom. The van der Waals surface area contributed by atoms with Gasteiger partial charge in [-0.05, 0) is 51.4 Å². The first-order valence-corrected chi connectivity index (χ1v) is 9.16. The third kappa shape index (κ3) is 3.09. The summed E-state index contributed by atoms with van der Waals surface area (Å²) in [5.41, 5.74) is 0.748. The molecule has 1 unspecified atom stereocenters. The van der Waals surface area contributed by atoms with E-state index in [0.29, 0.717) is 29.7 Å². The minimum atomic E-state index is 0.0714. The predicted octanol–water partition coefficient (Wildman–Crippen LogP) is 2.60. The Hall–Kier alpha value is -2.34. The smallest absolute Gasteiger partial charge is 0.257 e. The van der Waals surface area contributed by atoms with Gasteiger partial charge in [-0.2, -0.15) is 0 Å². The van der Waals surface area contributed by atoms with Crippen molar-refractivity contribution in [3.05, 3.63) is 48.0 Å². The molecule has 2 aliphatic heterocycles. The fraction of sp³-hybridized carbons (Fsp3) is 0.500. The number of aryl methyl sites for hydroxylation is 1. The normalized spacial score (nSPS) is 22.2. The van der Waals surface area contributed by atoms with Crippen molar-refractivity contribution in [2.45, 2.75) is 25.3 Å². The molecule has 6 heteroatoms. The zero-order valence-corrected chi connectivity index (χ0v) is 15.4. The minimum Gasteiger partial charge on any atom is -0.477 e. The van der Waals surface area contributed by atoms with Crippen LogP contribution in [0.3, 0.4) is 0 Å². The van der Waals surface area contributed by atoms with E-state index in [1.807, 2.05) is 30.0 Å². The Kier molecular flexibility index (Phi) is 4.44.